The van der Waals surface area contributed by atoms with Gasteiger partial charge < -0.3 is 0 Å². The first kappa shape index (κ1) is 12.4. The standard InChI is InChI=1S/C10H7ClN4O2S/c11-8-2-1-3-9(4-8)18(16,17)15-10-7(5-12)6-13-14-10/h1-4,6H,(H2,13,14,15). The molecule has 0 aliphatic heterocycles. The second-order valence-electron chi connectivity index (χ2n) is 3.33. The molecule has 2 rings (SSSR count). The predicted molar refractivity (Wildman–Crippen MR) is 65.6 cm³/mol. The Kier molecular flexibility index (Phi) is 3.23. The van der Waals surface area contributed by atoms with Crippen molar-refractivity contribution in [3.8, 4) is 6.07 Å². The highest BCUT2D eigenvalue weighted by Crippen LogP contribution is 2.19. The molecule has 0 amide bonds. The third-order valence-corrected chi connectivity index (χ3v) is 3.69. The van der Waals surface area contributed by atoms with Crippen LogP contribution < -0.4 is 4.72 Å². The number of hydrogen-bond acceptors (Lipinski definition) is 4. The summed E-state index contributed by atoms with van der Waals surface area (Å²) in [5.41, 5.74) is 0.112. The highest BCUT2D eigenvalue weighted by Gasteiger charge is 2.17. The molecule has 0 aliphatic rings. The van der Waals surface area contributed by atoms with Crippen LogP contribution in [-0.4, -0.2) is 18.6 Å². The fourth-order valence-electron chi connectivity index (χ4n) is 1.28. The molecular formula is C10H7ClN4O2S. The molecule has 2 N–H and O–H groups in total. The Bertz CT molecular complexity index is 717. The summed E-state index contributed by atoms with van der Waals surface area (Å²) in [7, 11) is -3.80. The molecule has 1 aromatic heterocycles. The Morgan fingerprint density at radius 1 is 1.44 bits per heavy atom. The number of nitrogens with one attached hydrogen (secondary N) is 2. The summed E-state index contributed by atoms with van der Waals surface area (Å²) in [5.74, 6) is 0.0254. The van der Waals surface area contributed by atoms with Gasteiger partial charge in [-0.2, -0.15) is 10.4 Å². The molecule has 0 atom stereocenters. The fourth-order valence-corrected chi connectivity index (χ4v) is 2.61. The number of nitriles is 1. The van der Waals surface area contributed by atoms with Crippen LogP contribution in [-0.2, 0) is 10.0 Å². The van der Waals surface area contributed by atoms with Crippen molar-refractivity contribution in [3.63, 3.8) is 0 Å². The van der Waals surface area contributed by atoms with E-state index in [4.69, 9.17) is 16.9 Å². The summed E-state index contributed by atoms with van der Waals surface area (Å²) in [5, 5.41) is 15.1. The van der Waals surface area contributed by atoms with Crippen molar-refractivity contribution in [1.29, 1.82) is 5.26 Å². The second-order valence-corrected chi connectivity index (χ2v) is 5.45. The maximum Gasteiger partial charge on any atom is 0.263 e. The number of H-pyrrole nitrogens is 1. The molecule has 0 radical (unpaired) electrons. The van der Waals surface area contributed by atoms with Crippen LogP contribution >= 0.6 is 11.6 Å². The zero-order valence-electron chi connectivity index (χ0n) is 8.88. The minimum Gasteiger partial charge on any atom is -0.263 e. The number of halogens is 1. The lowest BCUT2D eigenvalue weighted by molar-refractivity contribution is 0.601. The van der Waals surface area contributed by atoms with Gasteiger partial charge in [-0.05, 0) is 18.2 Å². The normalized spacial score (nSPS) is 10.9. The Balaban J connectivity index is 2.37. The van der Waals surface area contributed by atoms with E-state index in [-0.39, 0.29) is 16.3 Å². The van der Waals surface area contributed by atoms with Gasteiger partial charge in [0.15, 0.2) is 5.82 Å². The van der Waals surface area contributed by atoms with E-state index in [1.807, 2.05) is 6.07 Å². The number of anilines is 1. The molecule has 0 fully saturated rings. The van der Waals surface area contributed by atoms with Gasteiger partial charge in [-0.15, -0.1) is 0 Å². The molecule has 0 saturated heterocycles. The lowest BCUT2D eigenvalue weighted by Crippen LogP contribution is -2.13. The molecule has 0 aliphatic carbocycles. The number of sulfonamides is 1. The Morgan fingerprint density at radius 2 is 2.22 bits per heavy atom. The van der Waals surface area contributed by atoms with Gasteiger partial charge >= 0.3 is 0 Å². The Morgan fingerprint density at radius 3 is 2.89 bits per heavy atom. The van der Waals surface area contributed by atoms with Gasteiger partial charge in [0.1, 0.15) is 11.6 Å². The van der Waals surface area contributed by atoms with Gasteiger partial charge in [0.05, 0.1) is 11.1 Å². The molecule has 0 spiro atoms. The van der Waals surface area contributed by atoms with Crippen molar-refractivity contribution in [2.24, 2.45) is 0 Å². The lowest BCUT2D eigenvalue weighted by Gasteiger charge is -2.06. The number of aromatic amines is 1. The topological polar surface area (TPSA) is 98.6 Å². The first-order valence-electron chi connectivity index (χ1n) is 4.75. The SMILES string of the molecule is N#Cc1cn[nH]c1NS(=O)(=O)c1cccc(Cl)c1. The first-order valence-corrected chi connectivity index (χ1v) is 6.61. The third-order valence-electron chi connectivity index (χ3n) is 2.10. The summed E-state index contributed by atoms with van der Waals surface area (Å²) < 4.78 is 26.2. The molecule has 0 saturated carbocycles. The number of nitrogens with zero attached hydrogens (tertiary/aromatic N) is 2. The van der Waals surface area contributed by atoms with E-state index in [2.05, 4.69) is 14.9 Å². The summed E-state index contributed by atoms with van der Waals surface area (Å²) >= 11 is 5.73. The van der Waals surface area contributed by atoms with E-state index < -0.39 is 10.0 Å². The van der Waals surface area contributed by atoms with Gasteiger partial charge in [-0.3, -0.25) is 9.82 Å². The largest absolute Gasteiger partial charge is 0.263 e. The van der Waals surface area contributed by atoms with Crippen LogP contribution in [0.2, 0.25) is 5.02 Å². The number of hydrogen-bond donors (Lipinski definition) is 2. The molecule has 1 heterocycles. The molecule has 2 aromatic rings. The average Bonchev–Trinajstić information content (AvgIpc) is 2.75. The zero-order valence-corrected chi connectivity index (χ0v) is 10.5. The van der Waals surface area contributed by atoms with Crippen molar-refractivity contribution >= 4 is 27.4 Å². The zero-order chi connectivity index (χ0) is 13.2. The van der Waals surface area contributed by atoms with E-state index in [9.17, 15) is 8.42 Å². The maximum absolute atomic E-state index is 12.0. The number of aromatic nitrogens is 2. The van der Waals surface area contributed by atoms with Crippen molar-refractivity contribution in [1.82, 2.24) is 10.2 Å². The molecule has 8 heteroatoms. The van der Waals surface area contributed by atoms with Crippen LogP contribution in [0.5, 0.6) is 0 Å². The monoisotopic (exact) mass is 282 g/mol. The summed E-state index contributed by atoms with van der Waals surface area (Å²) in [6.45, 7) is 0. The number of rotatable bonds is 3. The van der Waals surface area contributed by atoms with Crippen LogP contribution in [0.3, 0.4) is 0 Å². The molecule has 0 bridgehead atoms. The van der Waals surface area contributed by atoms with E-state index >= 15 is 0 Å². The summed E-state index contributed by atoms with van der Waals surface area (Å²) in [6, 6.07) is 7.62. The van der Waals surface area contributed by atoms with Crippen molar-refractivity contribution in [3.05, 3.63) is 41.0 Å². The van der Waals surface area contributed by atoms with Gasteiger partial charge in [0.2, 0.25) is 0 Å². The molecule has 18 heavy (non-hydrogen) atoms. The van der Waals surface area contributed by atoms with E-state index in [1.165, 1.54) is 24.4 Å². The van der Waals surface area contributed by atoms with E-state index in [0.717, 1.165) is 0 Å². The molecule has 92 valence electrons. The van der Waals surface area contributed by atoms with Gasteiger partial charge in [-0.25, -0.2) is 8.42 Å². The van der Waals surface area contributed by atoms with Gasteiger partial charge in [0, 0.05) is 5.02 Å². The Hall–Kier alpha value is -2.04. The first-order chi connectivity index (χ1) is 8.53. The molecule has 1 aromatic carbocycles. The molecular weight excluding hydrogens is 276 g/mol. The van der Waals surface area contributed by atoms with Crippen molar-refractivity contribution in [2.75, 3.05) is 4.72 Å². The highest BCUT2D eigenvalue weighted by molar-refractivity contribution is 7.92. The number of benzene rings is 1. The molecule has 0 unspecified atom stereocenters. The smallest absolute Gasteiger partial charge is 0.263 e. The fraction of sp³-hybridized carbons (Fsp3) is 0. The van der Waals surface area contributed by atoms with Crippen LogP contribution in [0.25, 0.3) is 0 Å². The van der Waals surface area contributed by atoms with Crippen LogP contribution in [0, 0.1) is 11.3 Å². The lowest BCUT2D eigenvalue weighted by atomic mass is 10.4. The van der Waals surface area contributed by atoms with E-state index in [0.29, 0.717) is 5.02 Å². The quantitative estimate of drug-likeness (QED) is 0.895. The highest BCUT2D eigenvalue weighted by atomic mass is 35.5. The van der Waals surface area contributed by atoms with Crippen LogP contribution in [0.4, 0.5) is 5.82 Å². The molecule has 6 nitrogen and oxygen atoms in total. The van der Waals surface area contributed by atoms with Crippen LogP contribution in [0.1, 0.15) is 5.56 Å². The van der Waals surface area contributed by atoms with Gasteiger partial charge in [-0.1, -0.05) is 17.7 Å². The minimum absolute atomic E-state index is 0.00786. The third kappa shape index (κ3) is 2.45. The summed E-state index contributed by atoms with van der Waals surface area (Å²) in [6.07, 6.45) is 1.23. The van der Waals surface area contributed by atoms with Crippen molar-refractivity contribution < 1.29 is 8.42 Å². The Labute approximate surface area is 108 Å². The maximum atomic E-state index is 12.0. The predicted octanol–water partition coefficient (Wildman–Crippen LogP) is 1.74. The second kappa shape index (κ2) is 4.68. The van der Waals surface area contributed by atoms with Crippen molar-refractivity contribution in [2.45, 2.75) is 4.90 Å². The average molecular weight is 283 g/mol. The summed E-state index contributed by atoms with van der Waals surface area (Å²) in [4.78, 5) is 0.00786. The van der Waals surface area contributed by atoms with Gasteiger partial charge in [0.25, 0.3) is 10.0 Å². The van der Waals surface area contributed by atoms with E-state index in [1.54, 1.807) is 6.07 Å². The van der Waals surface area contributed by atoms with Crippen LogP contribution in [0.15, 0.2) is 35.4 Å². The minimum atomic E-state index is -3.80.